The number of benzene rings is 3. The zero-order chi connectivity index (χ0) is 21.3. The summed E-state index contributed by atoms with van der Waals surface area (Å²) in [4.78, 5) is 12.0. The number of methoxy groups -OCH3 is 1. The van der Waals surface area contributed by atoms with E-state index in [1.165, 1.54) is 6.07 Å². The van der Waals surface area contributed by atoms with Crippen molar-refractivity contribution in [2.45, 2.75) is 0 Å². The Morgan fingerprint density at radius 2 is 1.73 bits per heavy atom. The highest BCUT2D eigenvalue weighted by molar-refractivity contribution is 5.89. The fraction of sp³-hybridized carbons (Fsp3) is 0.0833. The van der Waals surface area contributed by atoms with Crippen LogP contribution in [0.1, 0.15) is 11.1 Å². The third-order valence-electron chi connectivity index (χ3n) is 4.11. The Bertz CT molecular complexity index is 1100. The molecule has 5 nitrogen and oxygen atoms in total. The Morgan fingerprint density at radius 3 is 2.43 bits per heavy atom. The van der Waals surface area contributed by atoms with Crippen LogP contribution >= 0.6 is 0 Å². The molecule has 0 saturated carbocycles. The number of carbonyl (C=O) groups excluding carboxylic acids is 1. The molecule has 3 aromatic carbocycles. The lowest BCUT2D eigenvalue weighted by atomic mass is 10.0. The van der Waals surface area contributed by atoms with Crippen LogP contribution in [0.25, 0.3) is 11.6 Å². The molecule has 0 N–H and O–H groups in total. The van der Waals surface area contributed by atoms with Crippen molar-refractivity contribution in [2.75, 3.05) is 13.7 Å². The molecule has 0 radical (unpaired) electrons. The minimum Gasteiger partial charge on any atom is -0.497 e. The van der Waals surface area contributed by atoms with Gasteiger partial charge in [0.2, 0.25) is 0 Å². The smallest absolute Gasteiger partial charge is 0.349 e. The van der Waals surface area contributed by atoms with Crippen LogP contribution in [0.2, 0.25) is 0 Å². The second-order valence-electron chi connectivity index (χ2n) is 6.16. The van der Waals surface area contributed by atoms with E-state index in [2.05, 4.69) is 0 Å². The van der Waals surface area contributed by atoms with E-state index >= 15 is 0 Å². The molecule has 0 atom stereocenters. The Balaban J connectivity index is 1.62. The van der Waals surface area contributed by atoms with Gasteiger partial charge in [-0.2, -0.15) is 5.26 Å². The maximum absolute atomic E-state index is 13.9. The maximum Gasteiger partial charge on any atom is 0.349 e. The summed E-state index contributed by atoms with van der Waals surface area (Å²) in [5.74, 6) is 0.411. The van der Waals surface area contributed by atoms with Gasteiger partial charge in [0.15, 0.2) is 6.61 Å². The predicted octanol–water partition coefficient (Wildman–Crippen LogP) is 4.88. The molecule has 0 aromatic heterocycles. The van der Waals surface area contributed by atoms with Crippen LogP contribution in [-0.4, -0.2) is 19.7 Å². The molecule has 0 amide bonds. The summed E-state index contributed by atoms with van der Waals surface area (Å²) in [5, 5.41) is 9.35. The molecule has 0 aliphatic heterocycles. The third-order valence-corrected chi connectivity index (χ3v) is 4.11. The molecule has 6 heteroatoms. The van der Waals surface area contributed by atoms with Gasteiger partial charge in [0.05, 0.1) is 18.8 Å². The van der Waals surface area contributed by atoms with Crippen LogP contribution in [0.5, 0.6) is 17.2 Å². The number of hydrogen-bond acceptors (Lipinski definition) is 5. The molecule has 0 bridgehead atoms. The molecule has 0 spiro atoms. The lowest BCUT2D eigenvalue weighted by molar-refractivity contribution is -0.136. The number of halogens is 1. The molecule has 30 heavy (non-hydrogen) atoms. The van der Waals surface area contributed by atoms with E-state index in [0.717, 1.165) is 0 Å². The van der Waals surface area contributed by atoms with Crippen molar-refractivity contribution >= 4 is 17.6 Å². The Kier molecular flexibility index (Phi) is 6.80. The van der Waals surface area contributed by atoms with E-state index in [0.29, 0.717) is 22.8 Å². The lowest BCUT2D eigenvalue weighted by Crippen LogP contribution is -2.17. The summed E-state index contributed by atoms with van der Waals surface area (Å²) < 4.78 is 29.6. The fourth-order valence-corrected chi connectivity index (χ4v) is 2.64. The first-order valence-electron chi connectivity index (χ1n) is 9.03. The molecule has 3 aromatic rings. The summed E-state index contributed by atoms with van der Waals surface area (Å²) in [5.41, 5.74) is 1.09. The standard InChI is InChI=1S/C24H18FNO4/c1-28-20-5-4-6-21(14-20)29-16-24(27)30-19-11-9-17(10-12-19)13-18(15-26)22-7-2-3-8-23(22)25/h2-14H,16H2,1H3/b18-13-. The number of nitrogens with zero attached hydrogens (tertiary/aromatic N) is 1. The number of carbonyl (C=O) groups is 1. The van der Waals surface area contributed by atoms with Crippen LogP contribution < -0.4 is 14.2 Å². The van der Waals surface area contributed by atoms with Crippen molar-refractivity contribution in [2.24, 2.45) is 0 Å². The molecule has 0 aliphatic carbocycles. The fourth-order valence-electron chi connectivity index (χ4n) is 2.64. The second-order valence-corrected chi connectivity index (χ2v) is 6.16. The maximum atomic E-state index is 13.9. The molecular formula is C24H18FNO4. The van der Waals surface area contributed by atoms with E-state index in [1.807, 2.05) is 6.07 Å². The number of esters is 1. The molecule has 3 rings (SSSR count). The van der Waals surface area contributed by atoms with Crippen LogP contribution in [0, 0.1) is 17.1 Å². The summed E-state index contributed by atoms with van der Waals surface area (Å²) >= 11 is 0. The first-order chi connectivity index (χ1) is 14.6. The van der Waals surface area contributed by atoms with Gasteiger partial charge in [-0.1, -0.05) is 36.4 Å². The second kappa shape index (κ2) is 9.89. The van der Waals surface area contributed by atoms with Gasteiger partial charge in [-0.3, -0.25) is 0 Å². The molecule has 150 valence electrons. The highest BCUT2D eigenvalue weighted by Crippen LogP contribution is 2.22. The number of nitriles is 1. The zero-order valence-electron chi connectivity index (χ0n) is 16.2. The van der Waals surface area contributed by atoms with Crippen molar-refractivity contribution in [3.05, 3.63) is 89.7 Å². The molecule has 0 saturated heterocycles. The number of hydrogen-bond donors (Lipinski definition) is 0. The molecule has 0 aliphatic rings. The minimum atomic E-state index is -0.565. The van der Waals surface area contributed by atoms with Gasteiger partial charge in [0.1, 0.15) is 23.1 Å². The molecule has 0 heterocycles. The van der Waals surface area contributed by atoms with Gasteiger partial charge in [-0.05, 0) is 42.0 Å². The SMILES string of the molecule is COc1cccc(OCC(=O)Oc2ccc(/C=C(/C#N)c3ccccc3F)cc2)c1. The number of allylic oxidation sites excluding steroid dienone is 1. The van der Waals surface area contributed by atoms with Gasteiger partial charge in [0.25, 0.3) is 0 Å². The summed E-state index contributed by atoms with van der Waals surface area (Å²) in [7, 11) is 1.54. The predicted molar refractivity (Wildman–Crippen MR) is 110 cm³/mol. The van der Waals surface area contributed by atoms with Gasteiger partial charge in [-0.15, -0.1) is 0 Å². The Hall–Kier alpha value is -4.11. The van der Waals surface area contributed by atoms with Crippen LogP contribution in [-0.2, 0) is 4.79 Å². The van der Waals surface area contributed by atoms with Gasteiger partial charge < -0.3 is 14.2 Å². The normalized spacial score (nSPS) is 10.8. The van der Waals surface area contributed by atoms with Gasteiger partial charge >= 0.3 is 5.97 Å². The highest BCUT2D eigenvalue weighted by Gasteiger charge is 2.09. The topological polar surface area (TPSA) is 68.6 Å². The number of ether oxygens (including phenoxy) is 3. The van der Waals surface area contributed by atoms with Crippen molar-refractivity contribution in [3.8, 4) is 23.3 Å². The summed E-state index contributed by atoms with van der Waals surface area (Å²) in [6.07, 6.45) is 1.57. The van der Waals surface area contributed by atoms with Crippen molar-refractivity contribution in [1.82, 2.24) is 0 Å². The monoisotopic (exact) mass is 403 g/mol. The first kappa shape index (κ1) is 20.6. The molecule has 0 unspecified atom stereocenters. The number of rotatable bonds is 7. The first-order valence-corrected chi connectivity index (χ1v) is 9.03. The van der Waals surface area contributed by atoms with Gasteiger partial charge in [-0.25, -0.2) is 9.18 Å². The van der Waals surface area contributed by atoms with Crippen LogP contribution in [0.4, 0.5) is 4.39 Å². The summed E-state index contributed by atoms with van der Waals surface area (Å²) in [6.45, 7) is -0.263. The zero-order valence-corrected chi connectivity index (χ0v) is 16.2. The van der Waals surface area contributed by atoms with Crippen molar-refractivity contribution in [1.29, 1.82) is 5.26 Å². The van der Waals surface area contributed by atoms with E-state index in [9.17, 15) is 14.4 Å². The van der Waals surface area contributed by atoms with Crippen molar-refractivity contribution < 1.29 is 23.4 Å². The van der Waals surface area contributed by atoms with Crippen LogP contribution in [0.3, 0.4) is 0 Å². The highest BCUT2D eigenvalue weighted by atomic mass is 19.1. The van der Waals surface area contributed by atoms with E-state index in [4.69, 9.17) is 14.2 Å². The Labute approximate surface area is 173 Å². The third kappa shape index (κ3) is 5.46. The van der Waals surface area contributed by atoms with E-state index < -0.39 is 11.8 Å². The average Bonchev–Trinajstić information content (AvgIpc) is 2.78. The van der Waals surface area contributed by atoms with Gasteiger partial charge in [0, 0.05) is 11.6 Å². The Morgan fingerprint density at radius 1 is 1.00 bits per heavy atom. The quantitative estimate of drug-likeness (QED) is 0.243. The largest absolute Gasteiger partial charge is 0.497 e. The molecular weight excluding hydrogens is 385 g/mol. The summed E-state index contributed by atoms with van der Waals surface area (Å²) in [6, 6.07) is 21.5. The minimum absolute atomic E-state index is 0.199. The van der Waals surface area contributed by atoms with E-state index in [-0.39, 0.29) is 17.7 Å². The van der Waals surface area contributed by atoms with Crippen LogP contribution in [0.15, 0.2) is 72.8 Å². The van der Waals surface area contributed by atoms with E-state index in [1.54, 1.807) is 79.9 Å². The lowest BCUT2D eigenvalue weighted by Gasteiger charge is -2.08. The average molecular weight is 403 g/mol. The van der Waals surface area contributed by atoms with Crippen molar-refractivity contribution in [3.63, 3.8) is 0 Å². The molecule has 0 fully saturated rings.